The SMILES string of the molecule is Cc1cc(F)ccc1CCNC(=O)[C@H]1C[C@H]1C(=O)O. The molecule has 4 nitrogen and oxygen atoms in total. The van der Waals surface area contributed by atoms with Gasteiger partial charge in [0.05, 0.1) is 11.8 Å². The molecule has 2 rings (SSSR count). The van der Waals surface area contributed by atoms with Crippen molar-refractivity contribution >= 4 is 11.9 Å². The fourth-order valence-electron chi connectivity index (χ4n) is 2.15. The average molecular weight is 265 g/mol. The van der Waals surface area contributed by atoms with Crippen LogP contribution in [0.2, 0.25) is 0 Å². The molecule has 0 saturated heterocycles. The molecule has 1 saturated carbocycles. The van der Waals surface area contributed by atoms with Crippen molar-refractivity contribution in [2.24, 2.45) is 11.8 Å². The van der Waals surface area contributed by atoms with Crippen LogP contribution in [0, 0.1) is 24.6 Å². The third-order valence-corrected chi connectivity index (χ3v) is 3.44. The third-order valence-electron chi connectivity index (χ3n) is 3.44. The van der Waals surface area contributed by atoms with Crippen molar-refractivity contribution in [2.75, 3.05) is 6.54 Å². The Morgan fingerprint density at radius 2 is 2.16 bits per heavy atom. The van der Waals surface area contributed by atoms with E-state index in [0.717, 1.165) is 11.1 Å². The quantitative estimate of drug-likeness (QED) is 0.848. The second kappa shape index (κ2) is 5.38. The zero-order valence-electron chi connectivity index (χ0n) is 10.6. The average Bonchev–Trinajstić information content (AvgIpc) is 3.12. The summed E-state index contributed by atoms with van der Waals surface area (Å²) in [6, 6.07) is 4.55. The molecule has 0 heterocycles. The zero-order valence-corrected chi connectivity index (χ0v) is 10.6. The standard InChI is InChI=1S/C14H16FNO3/c1-8-6-10(15)3-2-9(8)4-5-16-13(17)11-7-12(11)14(18)19/h2-3,6,11-12H,4-5,7H2,1H3,(H,16,17)(H,18,19)/t11-,12+/m0/s1. The van der Waals surface area contributed by atoms with Crippen molar-refractivity contribution in [3.8, 4) is 0 Å². The van der Waals surface area contributed by atoms with E-state index in [1.165, 1.54) is 12.1 Å². The number of carbonyl (C=O) groups is 2. The van der Waals surface area contributed by atoms with E-state index in [2.05, 4.69) is 5.32 Å². The van der Waals surface area contributed by atoms with E-state index >= 15 is 0 Å². The van der Waals surface area contributed by atoms with Crippen LogP contribution in [0.3, 0.4) is 0 Å². The highest BCUT2D eigenvalue weighted by atomic mass is 19.1. The minimum absolute atomic E-state index is 0.202. The van der Waals surface area contributed by atoms with E-state index in [0.29, 0.717) is 19.4 Å². The van der Waals surface area contributed by atoms with Crippen molar-refractivity contribution in [3.63, 3.8) is 0 Å². The first-order chi connectivity index (χ1) is 8.99. The molecule has 1 aliphatic carbocycles. The van der Waals surface area contributed by atoms with E-state index in [1.807, 2.05) is 6.92 Å². The molecule has 0 unspecified atom stereocenters. The zero-order chi connectivity index (χ0) is 14.0. The number of carbonyl (C=O) groups excluding carboxylic acids is 1. The molecule has 0 spiro atoms. The minimum Gasteiger partial charge on any atom is -0.481 e. The second-order valence-electron chi connectivity index (χ2n) is 4.90. The molecule has 1 aromatic carbocycles. The molecule has 1 amide bonds. The van der Waals surface area contributed by atoms with Gasteiger partial charge in [-0.15, -0.1) is 0 Å². The van der Waals surface area contributed by atoms with Crippen molar-refractivity contribution < 1.29 is 19.1 Å². The van der Waals surface area contributed by atoms with Gasteiger partial charge in [0.1, 0.15) is 5.82 Å². The maximum Gasteiger partial charge on any atom is 0.307 e. The molecular formula is C14H16FNO3. The molecule has 102 valence electrons. The highest BCUT2D eigenvalue weighted by Gasteiger charge is 2.48. The summed E-state index contributed by atoms with van der Waals surface area (Å²) in [7, 11) is 0. The van der Waals surface area contributed by atoms with Crippen molar-refractivity contribution in [3.05, 3.63) is 35.1 Å². The van der Waals surface area contributed by atoms with Gasteiger partial charge in [0.2, 0.25) is 5.91 Å². The first-order valence-electron chi connectivity index (χ1n) is 6.24. The maximum absolute atomic E-state index is 12.9. The Kier molecular flexibility index (Phi) is 3.83. The Morgan fingerprint density at radius 1 is 1.42 bits per heavy atom. The summed E-state index contributed by atoms with van der Waals surface area (Å²) in [6.07, 6.45) is 1.04. The molecular weight excluding hydrogens is 249 g/mol. The molecule has 1 fully saturated rings. The van der Waals surface area contributed by atoms with Crippen LogP contribution in [-0.2, 0) is 16.0 Å². The van der Waals surface area contributed by atoms with Crippen LogP contribution in [0.1, 0.15) is 17.5 Å². The number of carboxylic acid groups (broad SMARTS) is 1. The van der Waals surface area contributed by atoms with Crippen LogP contribution in [0.25, 0.3) is 0 Å². The van der Waals surface area contributed by atoms with E-state index in [1.54, 1.807) is 6.07 Å². The molecule has 0 aliphatic heterocycles. The number of hydrogen-bond donors (Lipinski definition) is 2. The van der Waals surface area contributed by atoms with Gasteiger partial charge in [0, 0.05) is 6.54 Å². The smallest absolute Gasteiger partial charge is 0.307 e. The summed E-state index contributed by atoms with van der Waals surface area (Å²) < 4.78 is 12.9. The van der Waals surface area contributed by atoms with Crippen molar-refractivity contribution in [2.45, 2.75) is 19.8 Å². The Morgan fingerprint density at radius 3 is 2.74 bits per heavy atom. The molecule has 0 bridgehead atoms. The van der Waals surface area contributed by atoms with Gasteiger partial charge < -0.3 is 10.4 Å². The Bertz CT molecular complexity index is 515. The number of carboxylic acids is 1. The third kappa shape index (κ3) is 3.30. The maximum atomic E-state index is 12.9. The van der Waals surface area contributed by atoms with Crippen molar-refractivity contribution in [1.82, 2.24) is 5.32 Å². The minimum atomic E-state index is -0.908. The number of nitrogens with one attached hydrogen (secondary N) is 1. The van der Waals surface area contributed by atoms with Crippen LogP contribution in [-0.4, -0.2) is 23.5 Å². The molecule has 2 atom stereocenters. The van der Waals surface area contributed by atoms with Gasteiger partial charge in [0.15, 0.2) is 0 Å². The van der Waals surface area contributed by atoms with E-state index < -0.39 is 11.9 Å². The molecule has 2 N–H and O–H groups in total. The number of aliphatic carboxylic acids is 1. The lowest BCUT2D eigenvalue weighted by Crippen LogP contribution is -2.28. The Labute approximate surface area is 110 Å². The molecule has 1 aliphatic rings. The molecule has 5 heteroatoms. The van der Waals surface area contributed by atoms with Gasteiger partial charge in [-0.1, -0.05) is 6.07 Å². The monoisotopic (exact) mass is 265 g/mol. The van der Waals surface area contributed by atoms with Crippen LogP contribution < -0.4 is 5.32 Å². The van der Waals surface area contributed by atoms with Crippen LogP contribution >= 0.6 is 0 Å². The van der Waals surface area contributed by atoms with E-state index in [-0.39, 0.29) is 17.6 Å². The van der Waals surface area contributed by atoms with E-state index in [9.17, 15) is 14.0 Å². The number of hydrogen-bond acceptors (Lipinski definition) is 2. The first kappa shape index (κ1) is 13.5. The number of benzene rings is 1. The first-order valence-corrected chi connectivity index (χ1v) is 6.24. The van der Waals surface area contributed by atoms with Gasteiger partial charge in [-0.3, -0.25) is 9.59 Å². The topological polar surface area (TPSA) is 66.4 Å². The van der Waals surface area contributed by atoms with Gasteiger partial charge >= 0.3 is 5.97 Å². The lowest BCUT2D eigenvalue weighted by molar-refractivity contribution is -0.140. The lowest BCUT2D eigenvalue weighted by Gasteiger charge is -2.07. The normalized spacial score (nSPS) is 20.9. The molecule has 0 radical (unpaired) electrons. The van der Waals surface area contributed by atoms with Gasteiger partial charge in [-0.25, -0.2) is 4.39 Å². The number of amides is 1. The number of halogens is 1. The van der Waals surface area contributed by atoms with Crippen LogP contribution in [0.5, 0.6) is 0 Å². The van der Waals surface area contributed by atoms with Crippen molar-refractivity contribution in [1.29, 1.82) is 0 Å². The van der Waals surface area contributed by atoms with Gasteiger partial charge in [-0.2, -0.15) is 0 Å². The highest BCUT2D eigenvalue weighted by Crippen LogP contribution is 2.38. The summed E-state index contributed by atoms with van der Waals surface area (Å²) >= 11 is 0. The van der Waals surface area contributed by atoms with Crippen LogP contribution in [0.4, 0.5) is 4.39 Å². The Hall–Kier alpha value is -1.91. The predicted molar refractivity (Wildman–Crippen MR) is 67.1 cm³/mol. The molecule has 0 aromatic heterocycles. The summed E-state index contributed by atoms with van der Waals surface area (Å²) in [5, 5.41) is 11.4. The summed E-state index contributed by atoms with van der Waals surface area (Å²) in [4.78, 5) is 22.2. The van der Waals surface area contributed by atoms with Gasteiger partial charge in [-0.05, 0) is 43.0 Å². The number of rotatable bonds is 5. The predicted octanol–water partition coefficient (Wildman–Crippen LogP) is 1.51. The fraction of sp³-hybridized carbons (Fsp3) is 0.429. The lowest BCUT2D eigenvalue weighted by atomic mass is 10.1. The molecule has 19 heavy (non-hydrogen) atoms. The number of aryl methyl sites for hydroxylation is 1. The largest absolute Gasteiger partial charge is 0.481 e. The highest BCUT2D eigenvalue weighted by molar-refractivity contribution is 5.89. The fourth-order valence-corrected chi connectivity index (χ4v) is 2.15. The Balaban J connectivity index is 1.78. The second-order valence-corrected chi connectivity index (χ2v) is 4.90. The van der Waals surface area contributed by atoms with Crippen LogP contribution in [0.15, 0.2) is 18.2 Å². The van der Waals surface area contributed by atoms with Gasteiger partial charge in [0.25, 0.3) is 0 Å². The summed E-state index contributed by atoms with van der Waals surface area (Å²) in [5.74, 6) is -2.28. The summed E-state index contributed by atoms with van der Waals surface area (Å²) in [5.41, 5.74) is 1.83. The molecule has 1 aromatic rings. The summed E-state index contributed by atoms with van der Waals surface area (Å²) in [6.45, 7) is 2.26. The van der Waals surface area contributed by atoms with E-state index in [4.69, 9.17) is 5.11 Å².